The van der Waals surface area contributed by atoms with Gasteiger partial charge in [-0.15, -0.1) is 0 Å². The lowest BCUT2D eigenvalue weighted by atomic mass is 9.79. The Morgan fingerprint density at radius 3 is 2.70 bits per heavy atom. The number of benzene rings is 2. The van der Waals surface area contributed by atoms with Gasteiger partial charge in [-0.1, -0.05) is 18.5 Å². The maximum absolute atomic E-state index is 12.0. The van der Waals surface area contributed by atoms with E-state index in [0.717, 1.165) is 24.1 Å². The third-order valence-electron chi connectivity index (χ3n) is 5.67. The van der Waals surface area contributed by atoms with Crippen LogP contribution in [0, 0.1) is 6.92 Å². The summed E-state index contributed by atoms with van der Waals surface area (Å²) in [7, 11) is 0. The number of aryl methyl sites for hydroxylation is 1. The van der Waals surface area contributed by atoms with E-state index in [0.29, 0.717) is 16.7 Å². The van der Waals surface area contributed by atoms with Crippen LogP contribution in [0.25, 0.3) is 0 Å². The van der Waals surface area contributed by atoms with Crippen molar-refractivity contribution in [3.63, 3.8) is 0 Å². The van der Waals surface area contributed by atoms with Crippen molar-refractivity contribution in [3.8, 4) is 5.75 Å². The summed E-state index contributed by atoms with van der Waals surface area (Å²) in [5.41, 5.74) is 7.45. The molecule has 1 N–H and O–H groups in total. The molecule has 160 valence electrons. The first-order valence-electron chi connectivity index (χ1n) is 10.3. The Morgan fingerprint density at radius 1 is 1.33 bits per heavy atom. The standard InChI is InChI=1S/C24H30ClN3O2/c1-6-28-22-11-16(2)18(12-21(22)17(3)13-24(28,4)5)14-26-27-23(29)15-30-20-9-7-19(25)8-10-20/h7-12,14,17H,6,13,15H2,1-5H3,(H,27,29)/b26-14-/t17-/m0/s1. The Kier molecular flexibility index (Phi) is 6.71. The topological polar surface area (TPSA) is 53.9 Å². The first-order chi connectivity index (χ1) is 14.2. The van der Waals surface area contributed by atoms with Gasteiger partial charge in [0.2, 0.25) is 0 Å². The zero-order valence-corrected chi connectivity index (χ0v) is 19.1. The number of ether oxygens (including phenoxy) is 1. The van der Waals surface area contributed by atoms with Gasteiger partial charge in [0.05, 0.1) is 6.21 Å². The van der Waals surface area contributed by atoms with E-state index in [2.05, 4.69) is 62.2 Å². The van der Waals surface area contributed by atoms with Crippen LogP contribution in [0.1, 0.15) is 56.7 Å². The SMILES string of the molecule is CCN1c2cc(C)c(/C=N\NC(=O)COc3ccc(Cl)cc3)cc2[C@@H](C)CC1(C)C. The number of fused-ring (bicyclic) bond motifs is 1. The van der Waals surface area contributed by atoms with Crippen LogP contribution in [0.15, 0.2) is 41.5 Å². The number of amides is 1. The largest absolute Gasteiger partial charge is 0.484 e. The fraction of sp³-hybridized carbons (Fsp3) is 0.417. The van der Waals surface area contributed by atoms with E-state index in [-0.39, 0.29) is 18.1 Å². The van der Waals surface area contributed by atoms with Gasteiger partial charge in [-0.3, -0.25) is 4.79 Å². The van der Waals surface area contributed by atoms with Gasteiger partial charge in [-0.25, -0.2) is 5.43 Å². The predicted octanol–water partition coefficient (Wildman–Crippen LogP) is 5.29. The molecule has 1 heterocycles. The normalized spacial score (nSPS) is 17.7. The van der Waals surface area contributed by atoms with Crippen LogP contribution in [0.5, 0.6) is 5.75 Å². The molecule has 30 heavy (non-hydrogen) atoms. The molecule has 5 nitrogen and oxygen atoms in total. The van der Waals surface area contributed by atoms with Crippen molar-refractivity contribution in [1.29, 1.82) is 0 Å². The molecule has 1 aliphatic rings. The Morgan fingerprint density at radius 2 is 2.03 bits per heavy atom. The number of hydrazone groups is 1. The maximum Gasteiger partial charge on any atom is 0.277 e. The summed E-state index contributed by atoms with van der Waals surface area (Å²) in [4.78, 5) is 14.5. The van der Waals surface area contributed by atoms with Gasteiger partial charge in [0, 0.05) is 22.8 Å². The van der Waals surface area contributed by atoms with Crippen molar-refractivity contribution in [2.24, 2.45) is 5.10 Å². The minimum atomic E-state index is -0.316. The summed E-state index contributed by atoms with van der Waals surface area (Å²) < 4.78 is 5.43. The summed E-state index contributed by atoms with van der Waals surface area (Å²) in [5, 5.41) is 4.75. The van der Waals surface area contributed by atoms with Gasteiger partial charge >= 0.3 is 0 Å². The molecule has 0 aliphatic carbocycles. The second-order valence-electron chi connectivity index (χ2n) is 8.47. The van der Waals surface area contributed by atoms with Crippen molar-refractivity contribution in [1.82, 2.24) is 5.43 Å². The van der Waals surface area contributed by atoms with Crippen LogP contribution >= 0.6 is 11.6 Å². The molecule has 1 aliphatic heterocycles. The number of carbonyl (C=O) groups excluding carboxylic acids is 1. The number of hydrogen-bond acceptors (Lipinski definition) is 4. The highest BCUT2D eigenvalue weighted by Gasteiger charge is 2.35. The van der Waals surface area contributed by atoms with Gasteiger partial charge in [0.25, 0.3) is 5.91 Å². The fourth-order valence-corrected chi connectivity index (χ4v) is 4.40. The van der Waals surface area contributed by atoms with Crippen LogP contribution in [-0.4, -0.2) is 30.8 Å². The van der Waals surface area contributed by atoms with Crippen LogP contribution < -0.4 is 15.1 Å². The molecule has 0 radical (unpaired) electrons. The predicted molar refractivity (Wildman–Crippen MR) is 124 cm³/mol. The van der Waals surface area contributed by atoms with Crippen molar-refractivity contribution in [2.45, 2.75) is 52.5 Å². The molecule has 3 rings (SSSR count). The van der Waals surface area contributed by atoms with E-state index in [9.17, 15) is 4.79 Å². The molecule has 0 fully saturated rings. The van der Waals surface area contributed by atoms with Crippen LogP contribution in [-0.2, 0) is 4.79 Å². The molecule has 0 saturated carbocycles. The summed E-state index contributed by atoms with van der Waals surface area (Å²) in [6.07, 6.45) is 2.81. The number of carbonyl (C=O) groups is 1. The van der Waals surface area contributed by atoms with Crippen molar-refractivity contribution >= 4 is 29.4 Å². The lowest BCUT2D eigenvalue weighted by Gasteiger charge is -2.47. The van der Waals surface area contributed by atoms with Crippen LogP contribution in [0.4, 0.5) is 5.69 Å². The maximum atomic E-state index is 12.0. The first kappa shape index (κ1) is 22.2. The molecular formula is C24H30ClN3O2. The number of nitrogens with one attached hydrogen (secondary N) is 1. The fourth-order valence-electron chi connectivity index (χ4n) is 4.27. The highest BCUT2D eigenvalue weighted by Crippen LogP contribution is 2.43. The molecule has 1 atom stereocenters. The van der Waals surface area contributed by atoms with E-state index in [1.54, 1.807) is 30.5 Å². The van der Waals surface area contributed by atoms with E-state index >= 15 is 0 Å². The summed E-state index contributed by atoms with van der Waals surface area (Å²) in [6.45, 7) is 12.0. The molecule has 6 heteroatoms. The molecular weight excluding hydrogens is 398 g/mol. The average Bonchev–Trinajstić information content (AvgIpc) is 2.68. The minimum Gasteiger partial charge on any atom is -0.484 e. The second kappa shape index (κ2) is 9.09. The molecule has 0 unspecified atom stereocenters. The molecule has 2 aromatic carbocycles. The minimum absolute atomic E-state index is 0.111. The monoisotopic (exact) mass is 427 g/mol. The summed E-state index contributed by atoms with van der Waals surface area (Å²) in [6, 6.07) is 11.3. The third-order valence-corrected chi connectivity index (χ3v) is 5.92. The van der Waals surface area contributed by atoms with E-state index in [1.165, 1.54) is 11.3 Å². The average molecular weight is 428 g/mol. The van der Waals surface area contributed by atoms with Gasteiger partial charge in [-0.05, 0) is 93.1 Å². The van der Waals surface area contributed by atoms with Crippen LogP contribution in [0.2, 0.25) is 5.02 Å². The van der Waals surface area contributed by atoms with Crippen LogP contribution in [0.3, 0.4) is 0 Å². The smallest absolute Gasteiger partial charge is 0.277 e. The van der Waals surface area contributed by atoms with Gasteiger partial charge in [0.15, 0.2) is 6.61 Å². The van der Waals surface area contributed by atoms with Crippen molar-refractivity contribution < 1.29 is 9.53 Å². The molecule has 1 amide bonds. The number of anilines is 1. The quantitative estimate of drug-likeness (QED) is 0.503. The van der Waals surface area contributed by atoms with Crippen molar-refractivity contribution in [2.75, 3.05) is 18.1 Å². The number of halogens is 1. The highest BCUT2D eigenvalue weighted by molar-refractivity contribution is 6.30. The Bertz CT molecular complexity index is 938. The Hall–Kier alpha value is -2.53. The molecule has 0 spiro atoms. The summed E-state index contributed by atoms with van der Waals surface area (Å²) >= 11 is 5.84. The first-order valence-corrected chi connectivity index (χ1v) is 10.7. The molecule has 2 aromatic rings. The van der Waals surface area contributed by atoms with Gasteiger partial charge in [0.1, 0.15) is 5.75 Å². The summed E-state index contributed by atoms with van der Waals surface area (Å²) in [5.74, 6) is 0.735. The third kappa shape index (κ3) is 4.96. The molecule has 0 aromatic heterocycles. The second-order valence-corrected chi connectivity index (χ2v) is 8.90. The van der Waals surface area contributed by atoms with E-state index in [4.69, 9.17) is 16.3 Å². The van der Waals surface area contributed by atoms with Crippen molar-refractivity contribution in [3.05, 3.63) is 58.1 Å². The lowest BCUT2D eigenvalue weighted by molar-refractivity contribution is -0.123. The number of hydrogen-bond donors (Lipinski definition) is 1. The number of nitrogens with zero attached hydrogens (tertiary/aromatic N) is 2. The molecule has 0 bridgehead atoms. The lowest BCUT2D eigenvalue weighted by Crippen LogP contribution is -2.48. The molecule has 0 saturated heterocycles. The highest BCUT2D eigenvalue weighted by atomic mass is 35.5. The van der Waals surface area contributed by atoms with Gasteiger partial charge < -0.3 is 9.64 Å². The zero-order valence-electron chi connectivity index (χ0n) is 18.3. The zero-order chi connectivity index (χ0) is 21.9. The Labute approximate surface area is 184 Å². The Balaban J connectivity index is 1.66. The van der Waals surface area contributed by atoms with E-state index in [1.807, 2.05) is 0 Å². The van der Waals surface area contributed by atoms with E-state index < -0.39 is 0 Å². The number of rotatable bonds is 6. The van der Waals surface area contributed by atoms with Gasteiger partial charge in [-0.2, -0.15) is 5.10 Å².